The molecule has 96 valence electrons. The van der Waals surface area contributed by atoms with Crippen LogP contribution < -0.4 is 11.1 Å². The maximum Gasteiger partial charge on any atom is 0.227 e. The number of carbonyl (C=O) groups is 1. The minimum absolute atomic E-state index is 0.0557. The molecule has 0 aromatic carbocycles. The van der Waals surface area contributed by atoms with E-state index in [4.69, 9.17) is 5.73 Å². The van der Waals surface area contributed by atoms with Gasteiger partial charge in [0.05, 0.1) is 11.2 Å². The largest absolute Gasteiger partial charge is 0.355 e. The first kappa shape index (κ1) is 15.4. The van der Waals surface area contributed by atoms with Crippen LogP contribution in [0.1, 0.15) is 27.7 Å². The monoisotopic (exact) mass is 250 g/mol. The molecule has 0 aromatic rings. The molecule has 0 aliphatic rings. The van der Waals surface area contributed by atoms with Gasteiger partial charge in [-0.3, -0.25) is 4.79 Å². The molecule has 0 rings (SSSR count). The molecule has 0 aliphatic carbocycles. The van der Waals surface area contributed by atoms with Crippen LogP contribution in [0.5, 0.6) is 0 Å². The molecule has 0 fully saturated rings. The standard InChI is InChI=1S/C10H22N2O3S/c1-9(2,10(3,4)11)8(13)12-6-7-16(5,14)15/h6-7,11H2,1-5H3,(H,12,13). The van der Waals surface area contributed by atoms with E-state index >= 15 is 0 Å². The van der Waals surface area contributed by atoms with Gasteiger partial charge >= 0.3 is 0 Å². The molecule has 0 saturated heterocycles. The Morgan fingerprint density at radius 1 is 1.25 bits per heavy atom. The van der Waals surface area contributed by atoms with E-state index in [1.165, 1.54) is 0 Å². The van der Waals surface area contributed by atoms with Crippen LogP contribution in [0.15, 0.2) is 0 Å². The lowest BCUT2D eigenvalue weighted by Crippen LogP contribution is -2.55. The fourth-order valence-electron chi connectivity index (χ4n) is 0.864. The van der Waals surface area contributed by atoms with Gasteiger partial charge in [-0.25, -0.2) is 8.42 Å². The molecular weight excluding hydrogens is 228 g/mol. The van der Waals surface area contributed by atoms with Gasteiger partial charge in [0.2, 0.25) is 5.91 Å². The van der Waals surface area contributed by atoms with Crippen LogP contribution in [-0.2, 0) is 14.6 Å². The molecule has 16 heavy (non-hydrogen) atoms. The van der Waals surface area contributed by atoms with Crippen molar-refractivity contribution in [2.45, 2.75) is 33.2 Å². The Hall–Kier alpha value is -0.620. The van der Waals surface area contributed by atoms with Crippen LogP contribution >= 0.6 is 0 Å². The van der Waals surface area contributed by atoms with E-state index < -0.39 is 20.8 Å². The zero-order valence-electron chi connectivity index (χ0n) is 10.6. The SMILES string of the molecule is CC(C)(N)C(C)(C)C(=O)NCCS(C)(=O)=O. The first-order chi connectivity index (χ1) is 6.88. The van der Waals surface area contributed by atoms with E-state index in [9.17, 15) is 13.2 Å². The third-order valence-electron chi connectivity index (χ3n) is 2.94. The van der Waals surface area contributed by atoms with Gasteiger partial charge in [-0.1, -0.05) is 0 Å². The van der Waals surface area contributed by atoms with Crippen molar-refractivity contribution in [2.75, 3.05) is 18.6 Å². The quantitative estimate of drug-likeness (QED) is 0.713. The molecular formula is C10H22N2O3S. The van der Waals surface area contributed by atoms with Gasteiger partial charge in [-0.15, -0.1) is 0 Å². The van der Waals surface area contributed by atoms with Crippen LogP contribution in [0.4, 0.5) is 0 Å². The van der Waals surface area contributed by atoms with Crippen LogP contribution in [-0.4, -0.2) is 38.4 Å². The highest BCUT2D eigenvalue weighted by atomic mass is 32.2. The van der Waals surface area contributed by atoms with Crippen molar-refractivity contribution < 1.29 is 13.2 Å². The lowest BCUT2D eigenvalue weighted by molar-refractivity contribution is -0.132. The summed E-state index contributed by atoms with van der Waals surface area (Å²) in [5.74, 6) is -0.288. The van der Waals surface area contributed by atoms with Crippen LogP contribution in [0.25, 0.3) is 0 Å². The van der Waals surface area contributed by atoms with Crippen LogP contribution in [0.2, 0.25) is 0 Å². The Kier molecular flexibility index (Phi) is 4.53. The highest BCUT2D eigenvalue weighted by molar-refractivity contribution is 7.90. The number of sulfone groups is 1. The van der Waals surface area contributed by atoms with Gasteiger partial charge in [0.1, 0.15) is 9.84 Å². The summed E-state index contributed by atoms with van der Waals surface area (Å²) in [6.07, 6.45) is 1.14. The highest BCUT2D eigenvalue weighted by Crippen LogP contribution is 2.28. The molecule has 0 aliphatic heterocycles. The second kappa shape index (κ2) is 4.71. The van der Waals surface area contributed by atoms with Crippen molar-refractivity contribution >= 4 is 15.7 Å². The van der Waals surface area contributed by atoms with Gasteiger partial charge in [0, 0.05) is 18.3 Å². The Morgan fingerprint density at radius 3 is 2.00 bits per heavy atom. The van der Waals surface area contributed by atoms with Gasteiger partial charge in [-0.2, -0.15) is 0 Å². The van der Waals surface area contributed by atoms with Crippen LogP contribution in [0, 0.1) is 5.41 Å². The first-order valence-corrected chi connectivity index (χ1v) is 7.19. The third-order valence-corrected chi connectivity index (χ3v) is 3.88. The van der Waals surface area contributed by atoms with Gasteiger partial charge in [0.15, 0.2) is 0 Å². The molecule has 0 atom stereocenters. The van der Waals surface area contributed by atoms with E-state index in [2.05, 4.69) is 5.32 Å². The van der Waals surface area contributed by atoms with Gasteiger partial charge in [0.25, 0.3) is 0 Å². The predicted octanol–water partition coefficient (Wildman–Crippen LogP) is -0.0893. The van der Waals surface area contributed by atoms with E-state index in [1.54, 1.807) is 27.7 Å². The summed E-state index contributed by atoms with van der Waals surface area (Å²) < 4.78 is 21.8. The average molecular weight is 250 g/mol. The topological polar surface area (TPSA) is 89.3 Å². The predicted molar refractivity (Wildman–Crippen MR) is 64.8 cm³/mol. The summed E-state index contributed by atoms with van der Waals surface area (Å²) in [7, 11) is -3.05. The number of carbonyl (C=O) groups excluding carboxylic acids is 1. The molecule has 6 heteroatoms. The summed E-state index contributed by atoms with van der Waals surface area (Å²) >= 11 is 0. The molecule has 0 unspecified atom stereocenters. The summed E-state index contributed by atoms with van der Waals surface area (Å²) in [5.41, 5.74) is 4.48. The normalized spacial score (nSPS) is 13.6. The zero-order valence-corrected chi connectivity index (χ0v) is 11.4. The molecule has 0 bridgehead atoms. The summed E-state index contributed by atoms with van der Waals surface area (Å²) in [4.78, 5) is 11.8. The van der Waals surface area contributed by atoms with Crippen molar-refractivity contribution in [3.8, 4) is 0 Å². The fourth-order valence-corrected chi connectivity index (χ4v) is 1.34. The summed E-state index contributed by atoms with van der Waals surface area (Å²) in [6, 6.07) is 0. The maximum absolute atomic E-state index is 11.8. The van der Waals surface area contributed by atoms with Crippen molar-refractivity contribution in [3.63, 3.8) is 0 Å². The molecule has 0 heterocycles. The Balaban J connectivity index is 4.39. The van der Waals surface area contributed by atoms with E-state index in [0.717, 1.165) is 6.26 Å². The van der Waals surface area contributed by atoms with E-state index in [0.29, 0.717) is 0 Å². The second-order valence-electron chi connectivity index (χ2n) is 5.23. The maximum atomic E-state index is 11.8. The molecule has 0 saturated carbocycles. The van der Waals surface area contributed by atoms with Gasteiger partial charge < -0.3 is 11.1 Å². The molecule has 0 radical (unpaired) electrons. The third kappa shape index (κ3) is 4.49. The molecule has 0 spiro atoms. The molecule has 3 N–H and O–H groups in total. The Morgan fingerprint density at radius 2 is 1.69 bits per heavy atom. The van der Waals surface area contributed by atoms with Crippen LogP contribution in [0.3, 0.4) is 0 Å². The molecule has 0 aromatic heterocycles. The molecule has 1 amide bonds. The van der Waals surface area contributed by atoms with E-state index in [-0.39, 0.29) is 18.2 Å². The number of hydrogen-bond acceptors (Lipinski definition) is 4. The lowest BCUT2D eigenvalue weighted by atomic mass is 9.74. The van der Waals surface area contributed by atoms with Crippen molar-refractivity contribution in [2.24, 2.45) is 11.1 Å². The number of hydrogen-bond donors (Lipinski definition) is 2. The summed E-state index contributed by atoms with van der Waals surface area (Å²) in [6.45, 7) is 7.13. The number of nitrogens with two attached hydrogens (primary N) is 1. The zero-order chi connectivity index (χ0) is 13.2. The Labute approximate surface area is 97.7 Å². The fraction of sp³-hybridized carbons (Fsp3) is 0.900. The van der Waals surface area contributed by atoms with Crippen molar-refractivity contribution in [1.82, 2.24) is 5.32 Å². The highest BCUT2D eigenvalue weighted by Gasteiger charge is 2.40. The van der Waals surface area contributed by atoms with Crippen molar-refractivity contribution in [1.29, 1.82) is 0 Å². The lowest BCUT2D eigenvalue weighted by Gasteiger charge is -2.36. The van der Waals surface area contributed by atoms with Crippen molar-refractivity contribution in [3.05, 3.63) is 0 Å². The second-order valence-corrected chi connectivity index (χ2v) is 7.49. The van der Waals surface area contributed by atoms with E-state index in [1.807, 2.05) is 0 Å². The minimum Gasteiger partial charge on any atom is -0.355 e. The molecule has 5 nitrogen and oxygen atoms in total. The number of rotatable bonds is 5. The Bertz CT molecular complexity index is 353. The summed E-state index contributed by atoms with van der Waals surface area (Å²) in [5, 5.41) is 2.59. The number of amides is 1. The first-order valence-electron chi connectivity index (χ1n) is 5.13. The smallest absolute Gasteiger partial charge is 0.227 e. The minimum atomic E-state index is -3.05. The number of nitrogens with one attached hydrogen (secondary N) is 1. The average Bonchev–Trinajstić information content (AvgIpc) is 1.99. The van der Waals surface area contributed by atoms with Gasteiger partial charge in [-0.05, 0) is 27.7 Å².